The van der Waals surface area contributed by atoms with Crippen molar-refractivity contribution in [1.29, 1.82) is 0 Å². The highest BCUT2D eigenvalue weighted by Gasteiger charge is 1.93. The Morgan fingerprint density at radius 1 is 1.67 bits per heavy atom. The van der Waals surface area contributed by atoms with E-state index >= 15 is 0 Å². The predicted octanol–water partition coefficient (Wildman–Crippen LogP) is 0.801. The molecule has 0 bridgehead atoms. The summed E-state index contributed by atoms with van der Waals surface area (Å²) < 4.78 is 10.2. The van der Waals surface area contributed by atoms with E-state index in [1.165, 1.54) is 6.39 Å². The van der Waals surface area contributed by atoms with Crippen LogP contribution in [0.25, 0.3) is 0 Å². The molecule has 12 heavy (non-hydrogen) atoms. The standard InChI is InChI=1S/C8H14N2O2/c1-2-11-4-3-9-5-8-6-10-7-12-8/h6-7,9H,2-5H2,1H3. The van der Waals surface area contributed by atoms with Gasteiger partial charge in [-0.3, -0.25) is 0 Å². The molecule has 0 unspecified atom stereocenters. The second-order valence-electron chi connectivity index (χ2n) is 2.34. The normalized spacial score (nSPS) is 10.4. The Hall–Kier alpha value is -0.870. The number of hydrogen-bond acceptors (Lipinski definition) is 4. The van der Waals surface area contributed by atoms with Gasteiger partial charge in [-0.1, -0.05) is 0 Å². The van der Waals surface area contributed by atoms with Crippen LogP contribution in [0, 0.1) is 0 Å². The van der Waals surface area contributed by atoms with Crippen LogP contribution in [-0.2, 0) is 11.3 Å². The van der Waals surface area contributed by atoms with Crippen molar-refractivity contribution in [3.63, 3.8) is 0 Å². The highest BCUT2D eigenvalue weighted by Crippen LogP contribution is 1.93. The molecule has 0 saturated carbocycles. The van der Waals surface area contributed by atoms with Crippen LogP contribution < -0.4 is 5.32 Å². The molecular weight excluding hydrogens is 156 g/mol. The molecule has 0 saturated heterocycles. The summed E-state index contributed by atoms with van der Waals surface area (Å²) in [6.07, 6.45) is 3.13. The van der Waals surface area contributed by atoms with Crippen LogP contribution in [0.4, 0.5) is 0 Å². The quantitative estimate of drug-likeness (QED) is 0.641. The monoisotopic (exact) mass is 170 g/mol. The fourth-order valence-corrected chi connectivity index (χ4v) is 0.830. The molecule has 1 aromatic heterocycles. The lowest BCUT2D eigenvalue weighted by Crippen LogP contribution is -2.18. The largest absolute Gasteiger partial charge is 0.447 e. The zero-order valence-electron chi connectivity index (χ0n) is 7.25. The second-order valence-corrected chi connectivity index (χ2v) is 2.34. The molecule has 1 rings (SSSR count). The summed E-state index contributed by atoms with van der Waals surface area (Å²) in [6, 6.07) is 0. The Morgan fingerprint density at radius 2 is 2.58 bits per heavy atom. The van der Waals surface area contributed by atoms with E-state index in [4.69, 9.17) is 9.15 Å². The first kappa shape index (κ1) is 9.22. The SMILES string of the molecule is CCOCCNCc1cnco1. The van der Waals surface area contributed by atoms with Gasteiger partial charge in [-0.25, -0.2) is 4.98 Å². The molecule has 0 aromatic carbocycles. The van der Waals surface area contributed by atoms with Crippen molar-refractivity contribution in [2.45, 2.75) is 13.5 Å². The number of oxazole rings is 1. The van der Waals surface area contributed by atoms with E-state index < -0.39 is 0 Å². The van der Waals surface area contributed by atoms with Crippen molar-refractivity contribution < 1.29 is 9.15 Å². The van der Waals surface area contributed by atoms with Gasteiger partial charge >= 0.3 is 0 Å². The number of aromatic nitrogens is 1. The maximum Gasteiger partial charge on any atom is 0.180 e. The van der Waals surface area contributed by atoms with E-state index in [9.17, 15) is 0 Å². The third-order valence-electron chi connectivity index (χ3n) is 1.41. The van der Waals surface area contributed by atoms with Gasteiger partial charge in [0.05, 0.1) is 19.3 Å². The molecule has 0 fully saturated rings. The zero-order valence-corrected chi connectivity index (χ0v) is 7.25. The summed E-state index contributed by atoms with van der Waals surface area (Å²) in [5.74, 6) is 0.853. The molecule has 0 amide bonds. The molecule has 1 heterocycles. The van der Waals surface area contributed by atoms with Crippen LogP contribution >= 0.6 is 0 Å². The summed E-state index contributed by atoms with van der Waals surface area (Å²) in [6.45, 7) is 5.05. The van der Waals surface area contributed by atoms with E-state index in [2.05, 4.69) is 10.3 Å². The number of rotatable bonds is 6. The van der Waals surface area contributed by atoms with E-state index in [1.54, 1.807) is 6.20 Å². The fourth-order valence-electron chi connectivity index (χ4n) is 0.830. The topological polar surface area (TPSA) is 47.3 Å². The predicted molar refractivity (Wildman–Crippen MR) is 44.7 cm³/mol. The van der Waals surface area contributed by atoms with Crippen molar-refractivity contribution >= 4 is 0 Å². The number of ether oxygens (including phenoxy) is 1. The molecule has 4 heteroatoms. The third-order valence-corrected chi connectivity index (χ3v) is 1.41. The molecular formula is C8H14N2O2. The molecule has 1 aromatic rings. The lowest BCUT2D eigenvalue weighted by atomic mass is 10.5. The summed E-state index contributed by atoms with van der Waals surface area (Å²) in [5.41, 5.74) is 0. The number of nitrogens with zero attached hydrogens (tertiary/aromatic N) is 1. The Morgan fingerprint density at radius 3 is 3.25 bits per heavy atom. The maximum absolute atomic E-state index is 5.14. The molecule has 4 nitrogen and oxygen atoms in total. The molecule has 0 radical (unpaired) electrons. The van der Waals surface area contributed by atoms with Gasteiger partial charge in [0, 0.05) is 13.2 Å². The van der Waals surface area contributed by atoms with Gasteiger partial charge in [0.2, 0.25) is 0 Å². The smallest absolute Gasteiger partial charge is 0.180 e. The van der Waals surface area contributed by atoms with E-state index in [0.717, 1.165) is 25.5 Å². The minimum absolute atomic E-state index is 0.715. The third kappa shape index (κ3) is 3.50. The van der Waals surface area contributed by atoms with Gasteiger partial charge in [0.15, 0.2) is 6.39 Å². The van der Waals surface area contributed by atoms with Crippen LogP contribution in [0.3, 0.4) is 0 Å². The molecule has 0 aliphatic heterocycles. The van der Waals surface area contributed by atoms with Crippen molar-refractivity contribution in [2.75, 3.05) is 19.8 Å². The minimum atomic E-state index is 0.715. The first-order chi connectivity index (χ1) is 5.93. The zero-order chi connectivity index (χ0) is 8.65. The average molecular weight is 170 g/mol. The first-order valence-corrected chi connectivity index (χ1v) is 4.09. The van der Waals surface area contributed by atoms with E-state index in [0.29, 0.717) is 6.54 Å². The Kier molecular flexibility index (Phi) is 4.41. The van der Waals surface area contributed by atoms with E-state index in [-0.39, 0.29) is 0 Å². The molecule has 0 aliphatic rings. The second kappa shape index (κ2) is 5.74. The highest BCUT2D eigenvalue weighted by atomic mass is 16.5. The number of nitrogens with one attached hydrogen (secondary N) is 1. The average Bonchev–Trinajstić information content (AvgIpc) is 2.57. The number of hydrogen-bond donors (Lipinski definition) is 1. The van der Waals surface area contributed by atoms with E-state index in [1.807, 2.05) is 6.92 Å². The van der Waals surface area contributed by atoms with Gasteiger partial charge in [0.25, 0.3) is 0 Å². The van der Waals surface area contributed by atoms with Crippen molar-refractivity contribution in [3.8, 4) is 0 Å². The first-order valence-electron chi connectivity index (χ1n) is 4.09. The summed E-state index contributed by atoms with van der Waals surface area (Å²) >= 11 is 0. The van der Waals surface area contributed by atoms with Crippen molar-refractivity contribution in [1.82, 2.24) is 10.3 Å². The van der Waals surface area contributed by atoms with Gasteiger partial charge in [0.1, 0.15) is 5.76 Å². The Bertz CT molecular complexity index is 187. The molecule has 0 atom stereocenters. The van der Waals surface area contributed by atoms with Gasteiger partial charge < -0.3 is 14.5 Å². The minimum Gasteiger partial charge on any atom is -0.447 e. The lowest BCUT2D eigenvalue weighted by Gasteiger charge is -2.01. The molecule has 0 spiro atoms. The molecule has 1 N–H and O–H groups in total. The van der Waals surface area contributed by atoms with Crippen LogP contribution in [0.1, 0.15) is 12.7 Å². The lowest BCUT2D eigenvalue weighted by molar-refractivity contribution is 0.148. The fraction of sp³-hybridized carbons (Fsp3) is 0.625. The van der Waals surface area contributed by atoms with Crippen LogP contribution in [0.5, 0.6) is 0 Å². The Balaban J connectivity index is 1.96. The van der Waals surface area contributed by atoms with Gasteiger partial charge in [-0.05, 0) is 6.92 Å². The molecule has 0 aliphatic carbocycles. The van der Waals surface area contributed by atoms with Crippen LogP contribution in [0.15, 0.2) is 17.0 Å². The van der Waals surface area contributed by atoms with Gasteiger partial charge in [-0.2, -0.15) is 0 Å². The van der Waals surface area contributed by atoms with Crippen LogP contribution in [0.2, 0.25) is 0 Å². The maximum atomic E-state index is 5.14. The van der Waals surface area contributed by atoms with Crippen molar-refractivity contribution in [2.24, 2.45) is 0 Å². The van der Waals surface area contributed by atoms with Gasteiger partial charge in [-0.15, -0.1) is 0 Å². The summed E-state index contributed by atoms with van der Waals surface area (Å²) in [5, 5.41) is 3.16. The highest BCUT2D eigenvalue weighted by molar-refractivity contribution is 4.86. The Labute approximate surface area is 71.9 Å². The summed E-state index contributed by atoms with van der Waals surface area (Å²) in [4.78, 5) is 3.80. The van der Waals surface area contributed by atoms with Crippen molar-refractivity contribution in [3.05, 3.63) is 18.4 Å². The van der Waals surface area contributed by atoms with Crippen LogP contribution in [-0.4, -0.2) is 24.7 Å². The molecule has 68 valence electrons. The summed E-state index contributed by atoms with van der Waals surface area (Å²) in [7, 11) is 0.